The van der Waals surface area contributed by atoms with Gasteiger partial charge >= 0.3 is 29.6 Å². The zero-order chi connectivity index (χ0) is 3.41. The number of allylic oxidation sites excluding steroid dienone is 1. The molecule has 0 N–H and O–H groups in total. The molecule has 0 spiro atoms. The van der Waals surface area contributed by atoms with Crippen molar-refractivity contribution in [1.82, 2.24) is 0 Å². The van der Waals surface area contributed by atoms with E-state index in [1.165, 1.54) is 0 Å². The van der Waals surface area contributed by atoms with Crippen molar-refractivity contribution in [3.05, 3.63) is 12.7 Å². The summed E-state index contributed by atoms with van der Waals surface area (Å²) in [4.78, 5) is 0. The zero-order valence-corrected chi connectivity index (χ0v) is 5.15. The fraction of sp³-hybridized carbons (Fsp3) is 0. The minimum atomic E-state index is 0. The topological polar surface area (TPSA) is 23.8 Å². The molecule has 0 atom stereocenters. The van der Waals surface area contributed by atoms with Gasteiger partial charge in [0.2, 0.25) is 0 Å². The van der Waals surface area contributed by atoms with Crippen LogP contribution < -0.4 is 29.6 Å². The molecule has 1 nitrogen and oxygen atoms in total. The Morgan fingerprint density at radius 3 is 2.00 bits per heavy atom. The van der Waals surface area contributed by atoms with Crippen LogP contribution in [0.25, 0.3) is 0 Å². The van der Waals surface area contributed by atoms with Crippen molar-refractivity contribution in [2.45, 2.75) is 0 Å². The predicted molar refractivity (Wildman–Crippen MR) is 14.5 cm³/mol. The standard InChI is InChI=1S/C3H2N.Na/c1-2-3-4;/h1H2;/q-1;+1. The van der Waals surface area contributed by atoms with Gasteiger partial charge in [0.15, 0.2) is 0 Å². The average molecular weight is 75.0 g/mol. The maximum atomic E-state index is 7.45. The average Bonchev–Trinajstić information content (AvgIpc) is 1.37. The van der Waals surface area contributed by atoms with Crippen molar-refractivity contribution in [3.63, 3.8) is 0 Å². The molecule has 0 saturated heterocycles. The summed E-state index contributed by atoms with van der Waals surface area (Å²) in [6.45, 7) is 2.99. The maximum Gasteiger partial charge on any atom is 1.00 e. The van der Waals surface area contributed by atoms with E-state index in [-0.39, 0.29) is 29.6 Å². The van der Waals surface area contributed by atoms with Crippen LogP contribution in [-0.4, -0.2) is 0 Å². The molecule has 0 rings (SSSR count). The SMILES string of the molecule is C=[C-]C#N.[Na+]. The molecule has 0 bridgehead atoms. The van der Waals surface area contributed by atoms with Gasteiger partial charge in [-0.2, -0.15) is 0 Å². The molecule has 0 heterocycles. The zero-order valence-electron chi connectivity index (χ0n) is 3.15. The van der Waals surface area contributed by atoms with E-state index in [4.69, 9.17) is 5.26 Å². The normalized spacial score (nSPS) is 3.00. The van der Waals surface area contributed by atoms with Gasteiger partial charge in [0.1, 0.15) is 0 Å². The van der Waals surface area contributed by atoms with Gasteiger partial charge in [-0.1, -0.05) is 0 Å². The van der Waals surface area contributed by atoms with Crippen LogP contribution in [0.4, 0.5) is 0 Å². The first kappa shape index (κ1) is 8.97. The van der Waals surface area contributed by atoms with E-state index in [1.807, 2.05) is 6.08 Å². The van der Waals surface area contributed by atoms with Crippen molar-refractivity contribution in [2.24, 2.45) is 0 Å². The molecule has 2 heteroatoms. The third-order valence-electron chi connectivity index (χ3n) is 0.0791. The quantitative estimate of drug-likeness (QED) is 0.177. The minimum Gasteiger partial charge on any atom is -0.393 e. The summed E-state index contributed by atoms with van der Waals surface area (Å²) in [5.74, 6) is 0. The van der Waals surface area contributed by atoms with E-state index in [0.29, 0.717) is 0 Å². The molecule has 0 amide bonds. The summed E-state index contributed by atoms with van der Waals surface area (Å²) in [5.41, 5.74) is 0. The van der Waals surface area contributed by atoms with E-state index in [1.54, 1.807) is 6.07 Å². The van der Waals surface area contributed by atoms with Crippen molar-refractivity contribution in [3.8, 4) is 6.07 Å². The van der Waals surface area contributed by atoms with Crippen LogP contribution in [0.1, 0.15) is 0 Å². The molecule has 0 saturated carbocycles. The summed E-state index contributed by atoms with van der Waals surface area (Å²) < 4.78 is 0. The molecule has 0 aromatic rings. The fourth-order valence-corrected chi connectivity index (χ4v) is 0. The second-order valence-electron chi connectivity index (χ2n) is 0.289. The Bertz CT molecular complexity index is 52.4. The van der Waals surface area contributed by atoms with Crippen LogP contribution in [0.5, 0.6) is 0 Å². The first-order valence-corrected chi connectivity index (χ1v) is 0.827. The second-order valence-corrected chi connectivity index (χ2v) is 0.289. The first-order chi connectivity index (χ1) is 1.91. The molecule has 0 radical (unpaired) electrons. The van der Waals surface area contributed by atoms with Crippen LogP contribution in [0.2, 0.25) is 0 Å². The number of rotatable bonds is 0. The van der Waals surface area contributed by atoms with Crippen molar-refractivity contribution in [1.29, 1.82) is 5.26 Å². The molecule has 0 unspecified atom stereocenters. The first-order valence-electron chi connectivity index (χ1n) is 0.827. The Kier molecular flexibility index (Phi) is 15.9. The molecule has 0 aliphatic rings. The summed E-state index contributed by atoms with van der Waals surface area (Å²) >= 11 is 0. The number of hydrogen-bond acceptors (Lipinski definition) is 1. The van der Waals surface area contributed by atoms with Crippen LogP contribution in [0.15, 0.2) is 6.58 Å². The van der Waals surface area contributed by atoms with Gasteiger partial charge in [0.25, 0.3) is 0 Å². The van der Waals surface area contributed by atoms with Gasteiger partial charge in [-0.15, -0.1) is 6.07 Å². The van der Waals surface area contributed by atoms with E-state index >= 15 is 0 Å². The van der Waals surface area contributed by atoms with Gasteiger partial charge in [0.05, 0.1) is 0 Å². The molecule has 0 fully saturated rings. The number of nitrogens with zero attached hydrogens (tertiary/aromatic N) is 1. The smallest absolute Gasteiger partial charge is 0.393 e. The number of nitriles is 1. The molecular formula is C3H2NNa. The Morgan fingerprint density at radius 1 is 1.80 bits per heavy atom. The monoisotopic (exact) mass is 75.0 g/mol. The van der Waals surface area contributed by atoms with Gasteiger partial charge in [-0.3, -0.25) is 6.58 Å². The van der Waals surface area contributed by atoms with Gasteiger partial charge < -0.3 is 6.08 Å². The van der Waals surface area contributed by atoms with E-state index in [0.717, 1.165) is 0 Å². The second kappa shape index (κ2) is 8.87. The van der Waals surface area contributed by atoms with Gasteiger partial charge in [-0.05, 0) is 0 Å². The summed E-state index contributed by atoms with van der Waals surface area (Å²) in [6, 6.07) is 1.57. The van der Waals surface area contributed by atoms with E-state index in [9.17, 15) is 0 Å². The number of hydrogen-bond donors (Lipinski definition) is 0. The molecule has 0 aliphatic carbocycles. The molecular weight excluding hydrogens is 73.0 g/mol. The Hall–Kier alpha value is 0.230. The minimum absolute atomic E-state index is 0. The van der Waals surface area contributed by atoms with Crippen molar-refractivity contribution in [2.75, 3.05) is 0 Å². The van der Waals surface area contributed by atoms with Crippen molar-refractivity contribution < 1.29 is 29.6 Å². The third-order valence-corrected chi connectivity index (χ3v) is 0.0791. The summed E-state index contributed by atoms with van der Waals surface area (Å²) in [5, 5.41) is 7.45. The predicted octanol–water partition coefficient (Wildman–Crippen LogP) is -2.50. The van der Waals surface area contributed by atoms with Crippen LogP contribution in [0, 0.1) is 17.4 Å². The molecule has 0 aliphatic heterocycles. The van der Waals surface area contributed by atoms with Gasteiger partial charge in [0, 0.05) is 0 Å². The van der Waals surface area contributed by atoms with Crippen molar-refractivity contribution >= 4 is 0 Å². The van der Waals surface area contributed by atoms with E-state index in [2.05, 4.69) is 6.58 Å². The molecule has 0 aromatic carbocycles. The maximum absolute atomic E-state index is 7.45. The molecule has 20 valence electrons. The third kappa shape index (κ3) is 13.9. The van der Waals surface area contributed by atoms with Crippen LogP contribution in [-0.2, 0) is 0 Å². The molecule has 0 aromatic heterocycles. The van der Waals surface area contributed by atoms with Gasteiger partial charge in [-0.25, -0.2) is 5.26 Å². The van der Waals surface area contributed by atoms with E-state index < -0.39 is 0 Å². The Morgan fingerprint density at radius 2 is 2.00 bits per heavy atom. The van der Waals surface area contributed by atoms with Crippen LogP contribution in [0.3, 0.4) is 0 Å². The van der Waals surface area contributed by atoms with Crippen LogP contribution >= 0.6 is 0 Å². The molecule has 5 heavy (non-hydrogen) atoms. The largest absolute Gasteiger partial charge is 1.00 e. The fourth-order valence-electron chi connectivity index (χ4n) is 0. The summed E-state index contributed by atoms with van der Waals surface area (Å²) in [7, 11) is 0. The Labute approximate surface area is 53.6 Å². The Balaban J connectivity index is 0. The summed E-state index contributed by atoms with van der Waals surface area (Å²) in [6.07, 6.45) is 1.99.